The SMILES string of the molecule is CCOC(=O)c1cn(C2CC2)c2c(C)c(-c3cc(C)nc(C)c3)cc(C)c2c1=O. The Kier molecular flexibility index (Phi) is 4.77. The van der Waals surface area contributed by atoms with Gasteiger partial charge in [0.2, 0.25) is 5.43 Å². The van der Waals surface area contributed by atoms with Crippen LogP contribution in [-0.2, 0) is 4.74 Å². The minimum absolute atomic E-state index is 0.122. The topological polar surface area (TPSA) is 61.2 Å². The highest BCUT2D eigenvalue weighted by atomic mass is 16.5. The number of ether oxygens (including phenoxy) is 1. The van der Waals surface area contributed by atoms with Gasteiger partial charge in [-0.15, -0.1) is 0 Å². The monoisotopic (exact) mass is 390 g/mol. The number of carbonyl (C=O) groups excluding carboxylic acids is 1. The van der Waals surface area contributed by atoms with Crippen LogP contribution in [0.3, 0.4) is 0 Å². The summed E-state index contributed by atoms with van der Waals surface area (Å²) in [5, 5.41) is 0.617. The van der Waals surface area contributed by atoms with Crippen molar-refractivity contribution in [3.05, 3.63) is 62.7 Å². The summed E-state index contributed by atoms with van der Waals surface area (Å²) in [5.74, 6) is -0.546. The largest absolute Gasteiger partial charge is 0.462 e. The van der Waals surface area contributed by atoms with Gasteiger partial charge in [0.1, 0.15) is 5.56 Å². The Balaban J connectivity index is 2.06. The van der Waals surface area contributed by atoms with Gasteiger partial charge in [-0.1, -0.05) is 6.07 Å². The van der Waals surface area contributed by atoms with Crippen LogP contribution in [0.1, 0.15) is 58.7 Å². The van der Waals surface area contributed by atoms with Gasteiger partial charge >= 0.3 is 5.97 Å². The Hall–Kier alpha value is -2.95. The molecule has 2 heterocycles. The molecule has 1 fully saturated rings. The fourth-order valence-electron chi connectivity index (χ4n) is 4.19. The van der Waals surface area contributed by atoms with E-state index in [0.29, 0.717) is 11.4 Å². The number of pyridine rings is 2. The molecule has 0 radical (unpaired) electrons. The van der Waals surface area contributed by atoms with Gasteiger partial charge in [0.15, 0.2) is 0 Å². The van der Waals surface area contributed by atoms with Gasteiger partial charge in [-0.25, -0.2) is 4.79 Å². The van der Waals surface area contributed by atoms with Gasteiger partial charge in [-0.05, 0) is 81.8 Å². The van der Waals surface area contributed by atoms with Gasteiger partial charge in [-0.3, -0.25) is 9.78 Å². The van der Waals surface area contributed by atoms with Gasteiger partial charge in [0.05, 0.1) is 12.1 Å². The molecule has 150 valence electrons. The highest BCUT2D eigenvalue weighted by Gasteiger charge is 2.29. The van der Waals surface area contributed by atoms with Crippen molar-refractivity contribution in [2.45, 2.75) is 53.5 Å². The maximum absolute atomic E-state index is 13.2. The first-order chi connectivity index (χ1) is 13.8. The first-order valence-electron chi connectivity index (χ1n) is 10.1. The quantitative estimate of drug-likeness (QED) is 0.600. The summed E-state index contributed by atoms with van der Waals surface area (Å²) in [6.45, 7) is 9.98. The molecular formula is C24H26N2O3. The molecule has 0 unspecified atom stereocenters. The first kappa shape index (κ1) is 19.4. The summed E-state index contributed by atoms with van der Waals surface area (Å²) in [7, 11) is 0. The first-order valence-corrected chi connectivity index (χ1v) is 10.1. The van der Waals surface area contributed by atoms with Crippen LogP contribution in [0.25, 0.3) is 22.0 Å². The van der Waals surface area contributed by atoms with E-state index in [0.717, 1.165) is 52.0 Å². The molecule has 29 heavy (non-hydrogen) atoms. The lowest BCUT2D eigenvalue weighted by molar-refractivity contribution is 0.0524. The number of carbonyl (C=O) groups is 1. The molecule has 2 aromatic heterocycles. The van der Waals surface area contributed by atoms with E-state index < -0.39 is 5.97 Å². The van der Waals surface area contributed by atoms with Gasteiger partial charge in [-0.2, -0.15) is 0 Å². The Bertz CT molecular complexity index is 1180. The van der Waals surface area contributed by atoms with Crippen LogP contribution in [0.4, 0.5) is 0 Å². The smallest absolute Gasteiger partial charge is 0.343 e. The number of aromatic nitrogens is 2. The van der Waals surface area contributed by atoms with Crippen LogP contribution in [0.2, 0.25) is 0 Å². The summed E-state index contributed by atoms with van der Waals surface area (Å²) in [5.41, 5.74) is 6.86. The zero-order chi connectivity index (χ0) is 20.9. The molecule has 5 nitrogen and oxygen atoms in total. The summed E-state index contributed by atoms with van der Waals surface area (Å²) in [6, 6.07) is 6.53. The molecule has 0 atom stereocenters. The van der Waals surface area contributed by atoms with E-state index in [1.54, 1.807) is 13.1 Å². The van der Waals surface area contributed by atoms with Crippen LogP contribution in [0, 0.1) is 27.7 Å². The molecule has 1 aliphatic carbocycles. The van der Waals surface area contributed by atoms with Gasteiger partial charge < -0.3 is 9.30 Å². The van der Waals surface area contributed by atoms with E-state index in [9.17, 15) is 9.59 Å². The highest BCUT2D eigenvalue weighted by Crippen LogP contribution is 2.40. The third-order valence-electron chi connectivity index (χ3n) is 5.58. The van der Waals surface area contributed by atoms with Crippen molar-refractivity contribution >= 4 is 16.9 Å². The second kappa shape index (κ2) is 7.14. The third kappa shape index (κ3) is 3.35. The lowest BCUT2D eigenvalue weighted by atomic mass is 9.93. The zero-order valence-electron chi connectivity index (χ0n) is 17.6. The molecule has 5 heteroatoms. The minimum atomic E-state index is -0.546. The predicted octanol–water partition coefficient (Wildman–Crippen LogP) is 4.81. The molecule has 0 saturated heterocycles. The number of fused-ring (bicyclic) bond motifs is 1. The molecule has 0 aliphatic heterocycles. The van der Waals surface area contributed by atoms with E-state index >= 15 is 0 Å². The number of nitrogens with zero attached hydrogens (tertiary/aromatic N) is 2. The maximum atomic E-state index is 13.2. The number of rotatable bonds is 4. The lowest BCUT2D eigenvalue weighted by Gasteiger charge is -2.19. The highest BCUT2D eigenvalue weighted by molar-refractivity contribution is 5.98. The average Bonchev–Trinajstić information content (AvgIpc) is 3.48. The van der Waals surface area contributed by atoms with Crippen LogP contribution < -0.4 is 5.43 Å². The third-order valence-corrected chi connectivity index (χ3v) is 5.58. The average molecular weight is 390 g/mol. The number of aryl methyl sites for hydroxylation is 4. The van der Waals surface area contributed by atoms with Crippen LogP contribution >= 0.6 is 0 Å². The summed E-state index contributed by atoms with van der Waals surface area (Å²) < 4.78 is 7.26. The van der Waals surface area contributed by atoms with Gasteiger partial charge in [0.25, 0.3) is 0 Å². The standard InChI is InChI=1S/C24H26N2O3/c1-6-29-24(28)20-12-26(18-7-8-18)22-16(5)19(9-13(2)21(22)23(20)27)17-10-14(3)25-15(4)11-17/h9-12,18H,6-8H2,1-5H3. The molecule has 1 aliphatic rings. The number of esters is 1. The molecule has 0 bridgehead atoms. The molecule has 1 saturated carbocycles. The summed E-state index contributed by atoms with van der Waals surface area (Å²) in [4.78, 5) is 30.2. The normalized spacial score (nSPS) is 13.7. The molecule has 3 aromatic rings. The molecule has 0 N–H and O–H groups in total. The molecular weight excluding hydrogens is 364 g/mol. The Morgan fingerprint density at radius 3 is 2.38 bits per heavy atom. The molecule has 0 amide bonds. The maximum Gasteiger partial charge on any atom is 0.343 e. The summed E-state index contributed by atoms with van der Waals surface area (Å²) in [6.07, 6.45) is 3.81. The van der Waals surface area contributed by atoms with Crippen LogP contribution in [0.5, 0.6) is 0 Å². The number of benzene rings is 1. The van der Waals surface area contributed by atoms with E-state index in [1.807, 2.05) is 20.8 Å². The van der Waals surface area contributed by atoms with Crippen molar-refractivity contribution in [2.24, 2.45) is 0 Å². The van der Waals surface area contributed by atoms with E-state index in [-0.39, 0.29) is 17.6 Å². The number of hydrogen-bond donors (Lipinski definition) is 0. The van der Waals surface area contributed by atoms with Crippen molar-refractivity contribution in [1.82, 2.24) is 9.55 Å². The van der Waals surface area contributed by atoms with E-state index in [2.05, 4.69) is 34.7 Å². The molecule has 0 spiro atoms. The molecule has 4 rings (SSSR count). The van der Waals surface area contributed by atoms with E-state index in [4.69, 9.17) is 4.74 Å². The van der Waals surface area contributed by atoms with Crippen molar-refractivity contribution in [2.75, 3.05) is 6.61 Å². The summed E-state index contributed by atoms with van der Waals surface area (Å²) >= 11 is 0. The second-order valence-corrected chi connectivity index (χ2v) is 7.96. The minimum Gasteiger partial charge on any atom is -0.462 e. The van der Waals surface area contributed by atoms with Crippen molar-refractivity contribution < 1.29 is 9.53 Å². The lowest BCUT2D eigenvalue weighted by Crippen LogP contribution is -2.22. The van der Waals surface area contributed by atoms with Gasteiger partial charge in [0, 0.05) is 29.0 Å². The van der Waals surface area contributed by atoms with Crippen molar-refractivity contribution in [3.8, 4) is 11.1 Å². The second-order valence-electron chi connectivity index (χ2n) is 7.96. The Morgan fingerprint density at radius 1 is 1.14 bits per heavy atom. The fourth-order valence-corrected chi connectivity index (χ4v) is 4.19. The van der Waals surface area contributed by atoms with Crippen molar-refractivity contribution in [1.29, 1.82) is 0 Å². The van der Waals surface area contributed by atoms with Crippen LogP contribution in [0.15, 0.2) is 29.2 Å². The number of hydrogen-bond acceptors (Lipinski definition) is 4. The molecule has 1 aromatic carbocycles. The van der Waals surface area contributed by atoms with Crippen molar-refractivity contribution in [3.63, 3.8) is 0 Å². The van der Waals surface area contributed by atoms with E-state index in [1.165, 1.54) is 0 Å². The predicted molar refractivity (Wildman–Crippen MR) is 115 cm³/mol. The Labute approximate surface area is 170 Å². The zero-order valence-corrected chi connectivity index (χ0v) is 17.6. The fraction of sp³-hybridized carbons (Fsp3) is 0.375. The van der Waals surface area contributed by atoms with Crippen LogP contribution in [-0.4, -0.2) is 22.1 Å². The Morgan fingerprint density at radius 2 is 1.79 bits per heavy atom.